The molecule has 0 saturated heterocycles. The number of anilines is 1. The SMILES string of the molecule is CCOCC(=O)OCOC(=O)C1CCC(C(C)(O)c2ccc(-c3cc(C)cc(NC4=NCCC(C(F)F)=C4)n3)cn2)CC1. The minimum atomic E-state index is -2.52. The van der Waals surface area contributed by atoms with Crippen molar-refractivity contribution in [2.45, 2.75) is 64.9 Å². The number of carbonyl (C=O) groups is 2. The van der Waals surface area contributed by atoms with Gasteiger partial charge in [0.15, 0.2) is 0 Å². The number of aryl methyl sites for hydroxylation is 1. The van der Waals surface area contributed by atoms with Gasteiger partial charge >= 0.3 is 11.9 Å². The first-order valence-electron chi connectivity index (χ1n) is 14.4. The number of alkyl halides is 2. The van der Waals surface area contributed by atoms with Crippen molar-refractivity contribution >= 4 is 23.6 Å². The standard InChI is InChI=1S/C31H38F2N4O6/c1-4-41-17-28(38)42-18-43-30(39)20-5-8-23(9-6-20)31(3,40)25-10-7-22(16-35-25)24-13-19(2)14-27(36-24)37-26-15-21(29(32)33)11-12-34-26/h7,10,13-16,20,23,29,40H,4-6,8-9,11-12,17-18H2,1-3H3,(H,34,36,37). The first kappa shape index (κ1) is 32.2. The summed E-state index contributed by atoms with van der Waals surface area (Å²) in [5.41, 5.74) is 1.62. The fourth-order valence-electron chi connectivity index (χ4n) is 5.30. The van der Waals surface area contributed by atoms with Gasteiger partial charge in [-0.2, -0.15) is 0 Å². The summed E-state index contributed by atoms with van der Waals surface area (Å²) in [5.74, 6) is -0.643. The van der Waals surface area contributed by atoms with Gasteiger partial charge in [0.2, 0.25) is 6.79 Å². The first-order valence-corrected chi connectivity index (χ1v) is 14.4. The minimum Gasteiger partial charge on any atom is -0.428 e. The van der Waals surface area contributed by atoms with Crippen LogP contribution in [0.1, 0.15) is 57.2 Å². The Balaban J connectivity index is 1.34. The molecule has 1 fully saturated rings. The number of amidine groups is 1. The van der Waals surface area contributed by atoms with E-state index in [4.69, 9.17) is 14.2 Å². The first-order chi connectivity index (χ1) is 20.6. The maximum atomic E-state index is 13.1. The van der Waals surface area contributed by atoms with Crippen molar-refractivity contribution in [2.24, 2.45) is 16.8 Å². The molecule has 1 aliphatic heterocycles. The van der Waals surface area contributed by atoms with E-state index >= 15 is 0 Å². The number of hydrogen-bond donors (Lipinski definition) is 2. The second-order valence-corrected chi connectivity index (χ2v) is 10.9. The second kappa shape index (κ2) is 14.6. The van der Waals surface area contributed by atoms with Gasteiger partial charge in [0.1, 0.15) is 23.9 Å². The number of halogens is 2. The molecule has 4 rings (SSSR count). The number of rotatable bonds is 11. The van der Waals surface area contributed by atoms with Crippen molar-refractivity contribution in [3.63, 3.8) is 0 Å². The highest BCUT2D eigenvalue weighted by atomic mass is 19.3. The average molecular weight is 601 g/mol. The molecular formula is C31H38F2N4O6. The van der Waals surface area contributed by atoms with Crippen LogP contribution in [-0.4, -0.2) is 65.8 Å². The van der Waals surface area contributed by atoms with Crippen LogP contribution < -0.4 is 5.32 Å². The third-order valence-electron chi connectivity index (χ3n) is 7.79. The molecule has 1 saturated carbocycles. The zero-order chi connectivity index (χ0) is 31.0. The maximum absolute atomic E-state index is 13.1. The molecule has 0 radical (unpaired) electrons. The molecule has 3 heterocycles. The third kappa shape index (κ3) is 8.64. The van der Waals surface area contributed by atoms with E-state index < -0.39 is 30.8 Å². The summed E-state index contributed by atoms with van der Waals surface area (Å²) >= 11 is 0. The molecule has 0 amide bonds. The molecule has 10 nitrogen and oxygen atoms in total. The van der Waals surface area contributed by atoms with Gasteiger partial charge in [0.05, 0.1) is 17.3 Å². The Labute approximate surface area is 249 Å². The normalized spacial score (nSPS) is 20.1. The summed E-state index contributed by atoms with van der Waals surface area (Å²) in [5, 5.41) is 14.5. The molecule has 12 heteroatoms. The van der Waals surface area contributed by atoms with Crippen LogP contribution in [0.4, 0.5) is 14.6 Å². The van der Waals surface area contributed by atoms with E-state index in [2.05, 4.69) is 20.3 Å². The lowest BCUT2D eigenvalue weighted by Gasteiger charge is -2.37. The largest absolute Gasteiger partial charge is 0.428 e. The lowest BCUT2D eigenvalue weighted by molar-refractivity contribution is -0.174. The van der Waals surface area contributed by atoms with Crippen molar-refractivity contribution in [2.75, 3.05) is 31.9 Å². The summed E-state index contributed by atoms with van der Waals surface area (Å²) in [7, 11) is 0. The fourth-order valence-corrected chi connectivity index (χ4v) is 5.30. The maximum Gasteiger partial charge on any atom is 0.334 e. The Hall–Kier alpha value is -3.77. The smallest absolute Gasteiger partial charge is 0.334 e. The predicted octanol–water partition coefficient (Wildman–Crippen LogP) is 4.95. The highest BCUT2D eigenvalue weighted by Crippen LogP contribution is 2.41. The Morgan fingerprint density at radius 1 is 1.16 bits per heavy atom. The molecule has 2 N–H and O–H groups in total. The molecule has 2 aromatic rings. The minimum absolute atomic E-state index is 0.0435. The second-order valence-electron chi connectivity index (χ2n) is 10.9. The number of dihydropyridines is 1. The molecule has 1 unspecified atom stereocenters. The van der Waals surface area contributed by atoms with Gasteiger partial charge in [0.25, 0.3) is 6.43 Å². The van der Waals surface area contributed by atoms with Gasteiger partial charge in [-0.15, -0.1) is 0 Å². The highest BCUT2D eigenvalue weighted by molar-refractivity contribution is 6.04. The van der Waals surface area contributed by atoms with E-state index in [1.165, 1.54) is 6.08 Å². The third-order valence-corrected chi connectivity index (χ3v) is 7.79. The number of esters is 2. The van der Waals surface area contributed by atoms with E-state index in [1.54, 1.807) is 26.1 Å². The number of nitrogens with zero attached hydrogens (tertiary/aromatic N) is 3. The Morgan fingerprint density at radius 3 is 2.60 bits per heavy atom. The molecule has 0 spiro atoms. The lowest BCUT2D eigenvalue weighted by Crippen LogP contribution is -2.37. The van der Waals surface area contributed by atoms with Crippen molar-refractivity contribution < 1.29 is 37.7 Å². The summed E-state index contributed by atoms with van der Waals surface area (Å²) in [6.07, 6.45) is 3.00. The molecule has 43 heavy (non-hydrogen) atoms. The highest BCUT2D eigenvalue weighted by Gasteiger charge is 2.39. The van der Waals surface area contributed by atoms with Gasteiger partial charge in [0, 0.05) is 30.5 Å². The van der Waals surface area contributed by atoms with Crippen molar-refractivity contribution in [1.29, 1.82) is 0 Å². The van der Waals surface area contributed by atoms with E-state index in [-0.39, 0.29) is 30.4 Å². The Morgan fingerprint density at radius 2 is 1.93 bits per heavy atom. The van der Waals surface area contributed by atoms with E-state index in [9.17, 15) is 23.5 Å². The monoisotopic (exact) mass is 600 g/mol. The predicted molar refractivity (Wildman–Crippen MR) is 155 cm³/mol. The molecule has 0 aromatic carbocycles. The lowest BCUT2D eigenvalue weighted by atomic mass is 9.73. The number of aromatic nitrogens is 2. The van der Waals surface area contributed by atoms with Crippen LogP contribution >= 0.6 is 0 Å². The van der Waals surface area contributed by atoms with Gasteiger partial charge in [-0.1, -0.05) is 0 Å². The fraction of sp³-hybridized carbons (Fsp3) is 0.516. The zero-order valence-corrected chi connectivity index (χ0v) is 24.6. The van der Waals surface area contributed by atoms with Crippen LogP contribution in [0, 0.1) is 18.8 Å². The molecule has 2 aromatic heterocycles. The van der Waals surface area contributed by atoms with Gasteiger partial charge in [-0.25, -0.2) is 18.6 Å². The molecule has 1 aliphatic carbocycles. The molecule has 2 aliphatic rings. The number of carbonyl (C=O) groups excluding carboxylic acids is 2. The van der Waals surface area contributed by atoms with Crippen molar-refractivity contribution in [3.05, 3.63) is 53.4 Å². The van der Waals surface area contributed by atoms with Crippen molar-refractivity contribution in [1.82, 2.24) is 9.97 Å². The summed E-state index contributed by atoms with van der Waals surface area (Å²) < 4.78 is 41.2. The van der Waals surface area contributed by atoms with E-state index in [0.29, 0.717) is 61.9 Å². The Kier molecular flexibility index (Phi) is 10.9. The summed E-state index contributed by atoms with van der Waals surface area (Å²) in [4.78, 5) is 37.4. The molecular weight excluding hydrogens is 562 g/mol. The number of aliphatic hydroxyl groups is 1. The van der Waals surface area contributed by atoms with Crippen LogP contribution in [0.2, 0.25) is 0 Å². The van der Waals surface area contributed by atoms with Crippen LogP contribution in [-0.2, 0) is 29.4 Å². The van der Waals surface area contributed by atoms with Gasteiger partial charge in [-0.3, -0.25) is 14.8 Å². The average Bonchev–Trinajstić information content (AvgIpc) is 3.00. The quantitative estimate of drug-likeness (QED) is 0.272. The number of nitrogens with one attached hydrogen (secondary N) is 1. The number of ether oxygens (including phenoxy) is 3. The van der Waals surface area contributed by atoms with Crippen molar-refractivity contribution in [3.8, 4) is 11.3 Å². The van der Waals surface area contributed by atoms with Gasteiger partial charge in [-0.05, 0) is 94.7 Å². The van der Waals surface area contributed by atoms with Crippen LogP contribution in [0.15, 0.2) is 47.1 Å². The number of hydrogen-bond acceptors (Lipinski definition) is 10. The summed E-state index contributed by atoms with van der Waals surface area (Å²) in [6, 6.07) is 7.31. The van der Waals surface area contributed by atoms with Crippen LogP contribution in [0.25, 0.3) is 11.3 Å². The molecule has 232 valence electrons. The summed E-state index contributed by atoms with van der Waals surface area (Å²) in [6.45, 7) is 5.44. The van der Waals surface area contributed by atoms with Gasteiger partial charge < -0.3 is 24.6 Å². The van der Waals surface area contributed by atoms with Crippen LogP contribution in [0.3, 0.4) is 0 Å². The number of aliphatic imine (C=N–C) groups is 1. The molecule has 1 atom stereocenters. The number of pyridine rings is 2. The van der Waals surface area contributed by atoms with E-state index in [0.717, 1.165) is 11.1 Å². The van der Waals surface area contributed by atoms with Crippen LogP contribution in [0.5, 0.6) is 0 Å². The Bertz CT molecular complexity index is 1340. The molecule has 0 bridgehead atoms. The van der Waals surface area contributed by atoms with E-state index in [1.807, 2.05) is 25.1 Å². The topological polar surface area (TPSA) is 132 Å². The zero-order valence-electron chi connectivity index (χ0n) is 24.6.